The van der Waals surface area contributed by atoms with Crippen molar-refractivity contribution in [3.8, 4) is 0 Å². The number of rotatable bonds is 5. The lowest BCUT2D eigenvalue weighted by atomic mass is 10.1. The molecule has 0 bridgehead atoms. The first kappa shape index (κ1) is 15.1. The first-order valence-electron chi connectivity index (χ1n) is 6.46. The van der Waals surface area contributed by atoms with Crippen molar-refractivity contribution in [3.63, 3.8) is 0 Å². The molecule has 2 aromatic carbocycles. The fourth-order valence-electron chi connectivity index (χ4n) is 2.00. The Hall–Kier alpha value is -1.26. The molecule has 0 spiro atoms. The molecular weight excluding hydrogens is 324 g/mol. The standard InChI is InChI=1S/C16H16BrF2N/c1-11(8-12-2-6-15(18)7-3-12)20-10-13-4-5-14(17)9-16(13)19/h2-7,9,11,20H,8,10H2,1H3. The highest BCUT2D eigenvalue weighted by Crippen LogP contribution is 2.15. The van der Waals surface area contributed by atoms with Crippen LogP contribution in [-0.2, 0) is 13.0 Å². The average Bonchev–Trinajstić information content (AvgIpc) is 2.40. The first-order chi connectivity index (χ1) is 9.54. The molecule has 0 aliphatic rings. The number of hydrogen-bond donors (Lipinski definition) is 1. The zero-order chi connectivity index (χ0) is 14.5. The summed E-state index contributed by atoms with van der Waals surface area (Å²) in [6, 6.07) is 11.7. The second-order valence-corrected chi connectivity index (χ2v) is 5.76. The molecule has 1 unspecified atom stereocenters. The molecule has 2 aromatic rings. The molecule has 1 N–H and O–H groups in total. The molecule has 0 amide bonds. The summed E-state index contributed by atoms with van der Waals surface area (Å²) < 4.78 is 27.2. The van der Waals surface area contributed by atoms with Gasteiger partial charge < -0.3 is 5.32 Å². The summed E-state index contributed by atoms with van der Waals surface area (Å²) in [6.45, 7) is 2.50. The molecule has 0 aliphatic heterocycles. The van der Waals surface area contributed by atoms with Crippen LogP contribution in [0.25, 0.3) is 0 Å². The summed E-state index contributed by atoms with van der Waals surface area (Å²) in [6.07, 6.45) is 0.776. The number of nitrogens with one attached hydrogen (secondary N) is 1. The van der Waals surface area contributed by atoms with Gasteiger partial charge >= 0.3 is 0 Å². The van der Waals surface area contributed by atoms with E-state index in [-0.39, 0.29) is 17.7 Å². The molecule has 2 rings (SSSR count). The van der Waals surface area contributed by atoms with Gasteiger partial charge in [-0.15, -0.1) is 0 Å². The molecule has 106 valence electrons. The smallest absolute Gasteiger partial charge is 0.128 e. The van der Waals surface area contributed by atoms with Crippen LogP contribution in [0.3, 0.4) is 0 Å². The summed E-state index contributed by atoms with van der Waals surface area (Å²) in [7, 11) is 0. The first-order valence-corrected chi connectivity index (χ1v) is 7.25. The number of benzene rings is 2. The zero-order valence-electron chi connectivity index (χ0n) is 11.2. The SMILES string of the molecule is CC(Cc1ccc(F)cc1)NCc1ccc(Br)cc1F. The van der Waals surface area contributed by atoms with E-state index in [0.29, 0.717) is 12.1 Å². The predicted octanol–water partition coefficient (Wildman–Crippen LogP) is 4.45. The van der Waals surface area contributed by atoms with Gasteiger partial charge in [-0.2, -0.15) is 0 Å². The van der Waals surface area contributed by atoms with E-state index in [1.165, 1.54) is 18.2 Å². The maximum Gasteiger partial charge on any atom is 0.128 e. The molecule has 20 heavy (non-hydrogen) atoms. The second kappa shape index (κ2) is 6.95. The fourth-order valence-corrected chi connectivity index (χ4v) is 2.33. The largest absolute Gasteiger partial charge is 0.310 e. The topological polar surface area (TPSA) is 12.0 Å². The summed E-state index contributed by atoms with van der Waals surface area (Å²) in [5, 5.41) is 3.27. The summed E-state index contributed by atoms with van der Waals surface area (Å²) >= 11 is 3.24. The Balaban J connectivity index is 1.88. The monoisotopic (exact) mass is 339 g/mol. The fraction of sp³-hybridized carbons (Fsp3) is 0.250. The molecule has 0 fully saturated rings. The Bertz CT molecular complexity index is 569. The highest BCUT2D eigenvalue weighted by Gasteiger charge is 2.06. The molecular formula is C16H16BrF2N. The van der Waals surface area contributed by atoms with Crippen LogP contribution >= 0.6 is 15.9 Å². The third-order valence-electron chi connectivity index (χ3n) is 3.11. The van der Waals surface area contributed by atoms with E-state index >= 15 is 0 Å². The van der Waals surface area contributed by atoms with Crippen LogP contribution in [-0.4, -0.2) is 6.04 Å². The van der Waals surface area contributed by atoms with Gasteiger partial charge in [0.05, 0.1) is 0 Å². The van der Waals surface area contributed by atoms with E-state index in [1.807, 2.05) is 13.0 Å². The Labute approximate surface area is 126 Å². The van der Waals surface area contributed by atoms with Gasteiger partial charge in [0.25, 0.3) is 0 Å². The molecule has 0 radical (unpaired) electrons. The second-order valence-electron chi connectivity index (χ2n) is 4.85. The van der Waals surface area contributed by atoms with Gasteiger partial charge in [0, 0.05) is 22.6 Å². The van der Waals surface area contributed by atoms with Gasteiger partial charge in [-0.05, 0) is 43.2 Å². The quantitative estimate of drug-likeness (QED) is 0.848. The minimum Gasteiger partial charge on any atom is -0.310 e. The number of halogens is 3. The Morgan fingerprint density at radius 1 is 1.10 bits per heavy atom. The zero-order valence-corrected chi connectivity index (χ0v) is 12.8. The van der Waals surface area contributed by atoms with Crippen LogP contribution in [0.1, 0.15) is 18.1 Å². The van der Waals surface area contributed by atoms with E-state index in [2.05, 4.69) is 21.2 Å². The lowest BCUT2D eigenvalue weighted by Gasteiger charge is -2.14. The minimum absolute atomic E-state index is 0.184. The average molecular weight is 340 g/mol. The summed E-state index contributed by atoms with van der Waals surface area (Å²) in [5.74, 6) is -0.452. The maximum absolute atomic E-state index is 13.7. The molecule has 0 aromatic heterocycles. The number of hydrogen-bond acceptors (Lipinski definition) is 1. The van der Waals surface area contributed by atoms with Gasteiger partial charge in [-0.25, -0.2) is 8.78 Å². The highest BCUT2D eigenvalue weighted by molar-refractivity contribution is 9.10. The molecule has 0 saturated carbocycles. The molecule has 0 aliphatic carbocycles. The molecule has 0 saturated heterocycles. The minimum atomic E-state index is -0.230. The normalized spacial score (nSPS) is 12.4. The third-order valence-corrected chi connectivity index (χ3v) is 3.60. The van der Waals surface area contributed by atoms with Crippen LogP contribution in [0.15, 0.2) is 46.9 Å². The van der Waals surface area contributed by atoms with Crippen LogP contribution in [0.2, 0.25) is 0 Å². The van der Waals surface area contributed by atoms with Gasteiger partial charge in [0.15, 0.2) is 0 Å². The van der Waals surface area contributed by atoms with E-state index in [1.54, 1.807) is 18.2 Å². The Morgan fingerprint density at radius 3 is 2.45 bits per heavy atom. The van der Waals surface area contributed by atoms with Gasteiger partial charge in [-0.1, -0.05) is 34.1 Å². The summed E-state index contributed by atoms with van der Waals surface area (Å²) in [5.41, 5.74) is 1.70. The van der Waals surface area contributed by atoms with Crippen molar-refractivity contribution >= 4 is 15.9 Å². The van der Waals surface area contributed by atoms with Crippen molar-refractivity contribution < 1.29 is 8.78 Å². The molecule has 0 heterocycles. The Kier molecular flexibility index (Phi) is 5.26. The molecule has 1 nitrogen and oxygen atoms in total. The van der Waals surface area contributed by atoms with E-state index < -0.39 is 0 Å². The van der Waals surface area contributed by atoms with E-state index in [9.17, 15) is 8.78 Å². The lowest BCUT2D eigenvalue weighted by molar-refractivity contribution is 0.524. The van der Waals surface area contributed by atoms with Crippen molar-refractivity contribution in [2.75, 3.05) is 0 Å². The lowest BCUT2D eigenvalue weighted by Crippen LogP contribution is -2.27. The van der Waals surface area contributed by atoms with Crippen molar-refractivity contribution in [2.24, 2.45) is 0 Å². The Morgan fingerprint density at radius 2 is 1.80 bits per heavy atom. The summed E-state index contributed by atoms with van der Waals surface area (Å²) in [4.78, 5) is 0. The van der Waals surface area contributed by atoms with Crippen molar-refractivity contribution in [2.45, 2.75) is 25.9 Å². The van der Waals surface area contributed by atoms with E-state index in [0.717, 1.165) is 16.5 Å². The van der Waals surface area contributed by atoms with Gasteiger partial charge in [-0.3, -0.25) is 0 Å². The molecule has 1 atom stereocenters. The van der Waals surface area contributed by atoms with Crippen molar-refractivity contribution in [1.82, 2.24) is 5.32 Å². The molecule has 4 heteroatoms. The predicted molar refractivity (Wildman–Crippen MR) is 80.5 cm³/mol. The van der Waals surface area contributed by atoms with Gasteiger partial charge in [0.2, 0.25) is 0 Å². The maximum atomic E-state index is 13.7. The van der Waals surface area contributed by atoms with Crippen LogP contribution in [0.5, 0.6) is 0 Å². The van der Waals surface area contributed by atoms with Crippen molar-refractivity contribution in [1.29, 1.82) is 0 Å². The van der Waals surface area contributed by atoms with E-state index in [4.69, 9.17) is 0 Å². The van der Waals surface area contributed by atoms with Crippen molar-refractivity contribution in [3.05, 3.63) is 69.7 Å². The third kappa shape index (κ3) is 4.39. The van der Waals surface area contributed by atoms with Gasteiger partial charge in [0.1, 0.15) is 11.6 Å². The highest BCUT2D eigenvalue weighted by atomic mass is 79.9. The van der Waals surface area contributed by atoms with Crippen LogP contribution < -0.4 is 5.32 Å². The van der Waals surface area contributed by atoms with Crippen LogP contribution in [0, 0.1) is 11.6 Å². The van der Waals surface area contributed by atoms with Crippen LogP contribution in [0.4, 0.5) is 8.78 Å².